The molecule has 4 heterocycles. The lowest BCUT2D eigenvalue weighted by molar-refractivity contribution is 0.889. The SMILES string of the molecule is CCc1cc2cccc(-c3ccncc3)c2c(=O)n1-c1ccccc1.Nc1ncnc2nc[nH]c12. The van der Waals surface area contributed by atoms with Gasteiger partial charge >= 0.3 is 0 Å². The summed E-state index contributed by atoms with van der Waals surface area (Å²) < 4.78 is 1.83. The Morgan fingerprint density at radius 3 is 2.49 bits per heavy atom. The lowest BCUT2D eigenvalue weighted by Gasteiger charge is -2.15. The Hall–Kier alpha value is -4.85. The third kappa shape index (κ3) is 4.24. The zero-order valence-corrected chi connectivity index (χ0v) is 19.1. The van der Waals surface area contributed by atoms with Crippen molar-refractivity contribution >= 4 is 27.8 Å². The molecule has 8 nitrogen and oxygen atoms in total. The van der Waals surface area contributed by atoms with Crippen molar-refractivity contribution in [2.24, 2.45) is 0 Å². The number of aromatic nitrogens is 6. The van der Waals surface area contributed by atoms with E-state index in [2.05, 4.69) is 37.9 Å². The second-order valence-electron chi connectivity index (χ2n) is 7.83. The maximum Gasteiger partial charge on any atom is 0.263 e. The third-order valence-electron chi connectivity index (χ3n) is 5.74. The summed E-state index contributed by atoms with van der Waals surface area (Å²) in [6, 6.07) is 21.8. The Bertz CT molecular complexity index is 1660. The summed E-state index contributed by atoms with van der Waals surface area (Å²) in [6.07, 6.45) is 7.22. The molecule has 0 unspecified atom stereocenters. The van der Waals surface area contributed by atoms with Crippen LogP contribution in [0.2, 0.25) is 0 Å². The zero-order chi connectivity index (χ0) is 24.2. The molecule has 6 rings (SSSR count). The largest absolute Gasteiger partial charge is 0.382 e. The molecule has 0 fully saturated rings. The predicted octanol–water partition coefficient (Wildman–Crippen LogP) is 4.55. The first-order valence-corrected chi connectivity index (χ1v) is 11.2. The normalized spacial score (nSPS) is 10.8. The fraction of sp³-hybridized carbons (Fsp3) is 0.0741. The minimum atomic E-state index is 0.0213. The van der Waals surface area contributed by atoms with Gasteiger partial charge in [-0.3, -0.25) is 14.3 Å². The smallest absolute Gasteiger partial charge is 0.263 e. The lowest BCUT2D eigenvalue weighted by Crippen LogP contribution is -2.22. The van der Waals surface area contributed by atoms with Crippen molar-refractivity contribution in [3.8, 4) is 16.8 Å². The highest BCUT2D eigenvalue weighted by atomic mass is 16.1. The number of hydrogen-bond donors (Lipinski definition) is 2. The highest BCUT2D eigenvalue weighted by Crippen LogP contribution is 2.27. The van der Waals surface area contributed by atoms with Crippen LogP contribution in [-0.4, -0.2) is 29.5 Å². The number of H-pyrrole nitrogens is 1. The first kappa shape index (κ1) is 22.0. The van der Waals surface area contributed by atoms with E-state index in [1.165, 1.54) is 12.7 Å². The number of nitrogens with one attached hydrogen (secondary N) is 1. The quantitative estimate of drug-likeness (QED) is 0.399. The van der Waals surface area contributed by atoms with E-state index in [9.17, 15) is 4.79 Å². The summed E-state index contributed by atoms with van der Waals surface area (Å²) in [5, 5.41) is 1.72. The number of pyridine rings is 2. The van der Waals surface area contributed by atoms with E-state index in [1.54, 1.807) is 12.4 Å². The standard InChI is InChI=1S/C22H18N2O.C5H5N5/c1-2-18-15-17-7-6-10-20(16-11-13-23-14-12-16)21(17)22(25)24(18)19-8-4-3-5-9-19;6-4-3-5(9-1-7-3)10-2-8-4/h3-15H,2H2,1H3;1-2H,(H3,6,7,8,9,10). The molecule has 0 saturated heterocycles. The Morgan fingerprint density at radius 1 is 0.943 bits per heavy atom. The van der Waals surface area contributed by atoms with Crippen molar-refractivity contribution in [2.45, 2.75) is 13.3 Å². The molecule has 0 saturated carbocycles. The topological polar surface area (TPSA) is 115 Å². The Balaban J connectivity index is 0.000000211. The monoisotopic (exact) mass is 461 g/mol. The van der Waals surface area contributed by atoms with Crippen LogP contribution in [0.4, 0.5) is 5.82 Å². The van der Waals surface area contributed by atoms with Crippen molar-refractivity contribution < 1.29 is 0 Å². The average molecular weight is 462 g/mol. The lowest BCUT2D eigenvalue weighted by atomic mass is 9.99. The molecular weight excluding hydrogens is 438 g/mol. The summed E-state index contributed by atoms with van der Waals surface area (Å²) in [6.45, 7) is 2.08. The van der Waals surface area contributed by atoms with Crippen LogP contribution in [0.5, 0.6) is 0 Å². The molecule has 0 atom stereocenters. The van der Waals surface area contributed by atoms with Gasteiger partial charge in [-0.05, 0) is 53.3 Å². The number of aryl methyl sites for hydroxylation is 1. The van der Waals surface area contributed by atoms with E-state index in [1.807, 2.05) is 65.2 Å². The molecule has 0 radical (unpaired) electrons. The van der Waals surface area contributed by atoms with Gasteiger partial charge < -0.3 is 10.7 Å². The number of fused-ring (bicyclic) bond motifs is 2. The summed E-state index contributed by atoms with van der Waals surface area (Å²) in [4.78, 5) is 31.9. The van der Waals surface area contributed by atoms with Crippen LogP contribution in [0.15, 0.2) is 96.6 Å². The van der Waals surface area contributed by atoms with E-state index in [4.69, 9.17) is 5.73 Å². The van der Waals surface area contributed by atoms with Gasteiger partial charge in [0.2, 0.25) is 0 Å². The van der Waals surface area contributed by atoms with E-state index in [0.29, 0.717) is 17.0 Å². The molecule has 6 aromatic rings. The molecule has 3 N–H and O–H groups in total. The number of aromatic amines is 1. The maximum absolute atomic E-state index is 13.5. The maximum atomic E-state index is 13.5. The summed E-state index contributed by atoms with van der Waals surface area (Å²) >= 11 is 0. The van der Waals surface area contributed by atoms with Crippen molar-refractivity contribution in [2.75, 3.05) is 5.73 Å². The Labute approximate surface area is 201 Å². The highest BCUT2D eigenvalue weighted by Gasteiger charge is 2.14. The van der Waals surface area contributed by atoms with Crippen molar-refractivity contribution in [3.05, 3.63) is 108 Å². The summed E-state index contributed by atoms with van der Waals surface area (Å²) in [5.74, 6) is 0.433. The number of nitrogens with zero attached hydrogens (tertiary/aromatic N) is 5. The Kier molecular flexibility index (Phi) is 6.00. The molecule has 35 heavy (non-hydrogen) atoms. The molecule has 0 aliphatic carbocycles. The van der Waals surface area contributed by atoms with Gasteiger partial charge in [0.25, 0.3) is 5.56 Å². The average Bonchev–Trinajstić information content (AvgIpc) is 3.40. The fourth-order valence-corrected chi connectivity index (χ4v) is 4.09. The molecular formula is C27H23N7O. The van der Waals surface area contributed by atoms with Gasteiger partial charge in [-0.15, -0.1) is 0 Å². The number of nitrogens with two attached hydrogens (primary N) is 1. The van der Waals surface area contributed by atoms with Crippen LogP contribution in [-0.2, 0) is 6.42 Å². The van der Waals surface area contributed by atoms with E-state index in [0.717, 1.165) is 39.7 Å². The summed E-state index contributed by atoms with van der Waals surface area (Å²) in [7, 11) is 0. The first-order chi connectivity index (χ1) is 17.2. The van der Waals surface area contributed by atoms with Gasteiger partial charge in [0.1, 0.15) is 11.8 Å². The van der Waals surface area contributed by atoms with Crippen LogP contribution < -0.4 is 11.3 Å². The molecule has 172 valence electrons. The van der Waals surface area contributed by atoms with Crippen LogP contribution in [0.1, 0.15) is 12.6 Å². The fourth-order valence-electron chi connectivity index (χ4n) is 4.09. The number of anilines is 1. The van der Waals surface area contributed by atoms with Gasteiger partial charge in [-0.1, -0.05) is 43.3 Å². The van der Waals surface area contributed by atoms with Crippen molar-refractivity contribution in [1.82, 2.24) is 29.5 Å². The zero-order valence-electron chi connectivity index (χ0n) is 19.1. The van der Waals surface area contributed by atoms with Crippen LogP contribution in [0.25, 0.3) is 38.8 Å². The second kappa shape index (κ2) is 9.56. The highest BCUT2D eigenvalue weighted by molar-refractivity contribution is 5.96. The minimum Gasteiger partial charge on any atom is -0.382 e. The van der Waals surface area contributed by atoms with E-state index < -0.39 is 0 Å². The van der Waals surface area contributed by atoms with Gasteiger partial charge in [0.15, 0.2) is 11.5 Å². The van der Waals surface area contributed by atoms with Gasteiger partial charge in [0.05, 0.1) is 11.7 Å². The van der Waals surface area contributed by atoms with E-state index >= 15 is 0 Å². The molecule has 8 heteroatoms. The number of benzene rings is 2. The molecule has 4 aromatic heterocycles. The molecule has 0 aliphatic heterocycles. The Morgan fingerprint density at radius 2 is 1.74 bits per heavy atom. The predicted molar refractivity (Wildman–Crippen MR) is 138 cm³/mol. The minimum absolute atomic E-state index is 0.0213. The van der Waals surface area contributed by atoms with Crippen LogP contribution in [0.3, 0.4) is 0 Å². The van der Waals surface area contributed by atoms with Gasteiger partial charge in [-0.2, -0.15) is 0 Å². The van der Waals surface area contributed by atoms with Crippen molar-refractivity contribution in [1.29, 1.82) is 0 Å². The molecule has 0 amide bonds. The summed E-state index contributed by atoms with van der Waals surface area (Å²) in [5.41, 5.74) is 10.7. The number of nitrogen functional groups attached to an aromatic ring is 1. The molecule has 2 aromatic carbocycles. The van der Waals surface area contributed by atoms with Crippen LogP contribution in [0, 0.1) is 0 Å². The van der Waals surface area contributed by atoms with E-state index in [-0.39, 0.29) is 5.56 Å². The molecule has 0 spiro atoms. The number of rotatable bonds is 3. The second-order valence-corrected chi connectivity index (χ2v) is 7.83. The molecule has 0 aliphatic rings. The first-order valence-electron chi connectivity index (χ1n) is 11.2. The van der Waals surface area contributed by atoms with Gasteiger partial charge in [-0.25, -0.2) is 15.0 Å². The number of imidazole rings is 1. The third-order valence-corrected chi connectivity index (χ3v) is 5.74. The van der Waals surface area contributed by atoms with Crippen molar-refractivity contribution in [3.63, 3.8) is 0 Å². The number of hydrogen-bond acceptors (Lipinski definition) is 6. The van der Waals surface area contributed by atoms with Gasteiger partial charge in [0, 0.05) is 23.8 Å². The molecule has 0 bridgehead atoms. The van der Waals surface area contributed by atoms with Crippen LogP contribution >= 0.6 is 0 Å². The number of para-hydroxylation sites is 1.